The van der Waals surface area contributed by atoms with Crippen molar-refractivity contribution in [2.45, 2.75) is 13.8 Å². The van der Waals surface area contributed by atoms with E-state index in [9.17, 15) is 0 Å². The molecule has 0 aliphatic carbocycles. The molecule has 222 valence electrons. The Kier molecular flexibility index (Phi) is 6.29. The van der Waals surface area contributed by atoms with Crippen LogP contribution in [0.1, 0.15) is 12.5 Å². The van der Waals surface area contributed by atoms with Crippen LogP contribution in [0.2, 0.25) is 0 Å². The van der Waals surface area contributed by atoms with Gasteiger partial charge in [-0.05, 0) is 64.6 Å². The summed E-state index contributed by atoms with van der Waals surface area (Å²) in [6, 6.07) is 59.9. The standard InChI is InChI=1S/C45H33N2/c1-30-16-6-12-28-42(30)46-31(2)47-44-33(32-17-4-3-5-18-32)24-14-25-39(44)36-21-9-7-19-34(36)35-20-8-10-22-37(35)40-26-15-27-41(45(40)47)38-23-11-13-29-43(38)46/h3-29H,1-2H3/q+1. The van der Waals surface area contributed by atoms with Gasteiger partial charge in [-0.3, -0.25) is 0 Å². The molecule has 0 fully saturated rings. The highest BCUT2D eigenvalue weighted by atomic mass is 15.3. The van der Waals surface area contributed by atoms with E-state index < -0.39 is 0 Å². The van der Waals surface area contributed by atoms with Crippen LogP contribution in [0.5, 0.6) is 0 Å². The maximum Gasteiger partial charge on any atom is 0.264 e. The smallest absolute Gasteiger partial charge is 0.196 e. The van der Waals surface area contributed by atoms with Crippen LogP contribution in [0.3, 0.4) is 0 Å². The van der Waals surface area contributed by atoms with Crippen molar-refractivity contribution in [3.05, 3.63) is 169 Å². The Morgan fingerprint density at radius 1 is 0.340 bits per heavy atom. The first-order chi connectivity index (χ1) is 23.2. The number of nitrogens with zero attached hydrogens (tertiary/aromatic N) is 2. The normalized spacial score (nSPS) is 12.8. The van der Waals surface area contributed by atoms with Crippen molar-refractivity contribution in [2.24, 2.45) is 0 Å². The summed E-state index contributed by atoms with van der Waals surface area (Å²) < 4.78 is 2.56. The molecule has 47 heavy (non-hydrogen) atoms. The predicted molar refractivity (Wildman–Crippen MR) is 199 cm³/mol. The number of fused-ring (bicyclic) bond motifs is 9. The average molecular weight is 602 g/mol. The molecule has 7 aromatic carbocycles. The second-order valence-electron chi connectivity index (χ2n) is 12.4. The van der Waals surface area contributed by atoms with E-state index in [1.54, 1.807) is 0 Å². The Hall–Kier alpha value is -5.99. The van der Waals surface area contributed by atoms with Crippen LogP contribution in [0.4, 0.5) is 22.7 Å². The molecule has 0 N–H and O–H groups in total. The highest BCUT2D eigenvalue weighted by Gasteiger charge is 2.38. The highest BCUT2D eigenvalue weighted by molar-refractivity contribution is 6.16. The highest BCUT2D eigenvalue weighted by Crippen LogP contribution is 2.54. The van der Waals surface area contributed by atoms with E-state index in [1.807, 2.05) is 0 Å². The molecule has 0 spiro atoms. The van der Waals surface area contributed by atoms with Crippen molar-refractivity contribution >= 4 is 28.6 Å². The lowest BCUT2D eigenvalue weighted by molar-refractivity contribution is 1.06. The molecule has 0 atom stereocenters. The van der Waals surface area contributed by atoms with Crippen molar-refractivity contribution in [1.82, 2.24) is 4.58 Å². The first-order valence-electron chi connectivity index (χ1n) is 16.3. The molecule has 0 aromatic heterocycles. The van der Waals surface area contributed by atoms with Crippen molar-refractivity contribution in [1.29, 1.82) is 0 Å². The molecule has 0 bridgehead atoms. The second-order valence-corrected chi connectivity index (χ2v) is 12.4. The Morgan fingerprint density at radius 2 is 0.745 bits per heavy atom. The first-order valence-corrected chi connectivity index (χ1v) is 16.3. The average Bonchev–Trinajstić information content (AvgIpc) is 3.20. The van der Waals surface area contributed by atoms with Gasteiger partial charge in [0.2, 0.25) is 0 Å². The molecule has 2 aliphatic heterocycles. The third-order valence-electron chi connectivity index (χ3n) is 9.77. The largest absolute Gasteiger partial charge is 0.264 e. The van der Waals surface area contributed by atoms with Gasteiger partial charge in [0.05, 0.1) is 0 Å². The summed E-state index contributed by atoms with van der Waals surface area (Å²) in [5.41, 5.74) is 18.1. The molecule has 0 saturated carbocycles. The summed E-state index contributed by atoms with van der Waals surface area (Å²) in [6.07, 6.45) is 0. The van der Waals surface area contributed by atoms with Crippen molar-refractivity contribution < 1.29 is 0 Å². The monoisotopic (exact) mass is 601 g/mol. The Labute approximate surface area is 276 Å². The summed E-state index contributed by atoms with van der Waals surface area (Å²) in [5.74, 6) is 1.12. The van der Waals surface area contributed by atoms with Gasteiger partial charge in [-0.25, -0.2) is 0 Å². The molecule has 0 saturated heterocycles. The van der Waals surface area contributed by atoms with Crippen LogP contribution in [0.15, 0.2) is 164 Å². The van der Waals surface area contributed by atoms with Gasteiger partial charge < -0.3 is 0 Å². The fourth-order valence-corrected chi connectivity index (χ4v) is 7.70. The van der Waals surface area contributed by atoms with E-state index in [4.69, 9.17) is 0 Å². The lowest BCUT2D eigenvalue weighted by atomic mass is 9.88. The molecule has 2 nitrogen and oxygen atoms in total. The summed E-state index contributed by atoms with van der Waals surface area (Å²) in [5, 5.41) is 0. The fraction of sp³-hybridized carbons (Fsp3) is 0.0444. The van der Waals surface area contributed by atoms with E-state index in [1.165, 1.54) is 83.9 Å². The van der Waals surface area contributed by atoms with Gasteiger partial charge in [-0.1, -0.05) is 140 Å². The van der Waals surface area contributed by atoms with Crippen molar-refractivity contribution in [3.8, 4) is 55.6 Å². The summed E-state index contributed by atoms with van der Waals surface area (Å²) in [6.45, 7) is 4.50. The number of aryl methyl sites for hydroxylation is 1. The molecular formula is C45H33N2+. The zero-order valence-electron chi connectivity index (χ0n) is 26.5. The summed E-state index contributed by atoms with van der Waals surface area (Å²) >= 11 is 0. The molecular weight excluding hydrogens is 569 g/mol. The molecule has 0 amide bonds. The van der Waals surface area contributed by atoms with Crippen LogP contribution >= 0.6 is 0 Å². The van der Waals surface area contributed by atoms with E-state index in [-0.39, 0.29) is 0 Å². The zero-order valence-corrected chi connectivity index (χ0v) is 26.5. The van der Waals surface area contributed by atoms with Gasteiger partial charge in [0.1, 0.15) is 22.7 Å². The SMILES string of the molecule is CC1=[N+]2c3c(-c4ccccc4)cccc3-c3ccccc3-c3ccccc3-c3cccc(c32)-c2ccccc2N1c1ccccc1C. The van der Waals surface area contributed by atoms with Crippen LogP contribution in [-0.2, 0) is 0 Å². The van der Waals surface area contributed by atoms with Gasteiger partial charge in [0.15, 0.2) is 0 Å². The minimum atomic E-state index is 1.12. The number of para-hydroxylation sites is 4. The van der Waals surface area contributed by atoms with Gasteiger partial charge in [0, 0.05) is 34.7 Å². The van der Waals surface area contributed by atoms with Crippen LogP contribution in [0, 0.1) is 6.92 Å². The third-order valence-corrected chi connectivity index (χ3v) is 9.77. The number of rotatable bonds is 2. The van der Waals surface area contributed by atoms with Gasteiger partial charge in [0.25, 0.3) is 5.84 Å². The lowest BCUT2D eigenvalue weighted by Crippen LogP contribution is -2.31. The fourth-order valence-electron chi connectivity index (χ4n) is 7.70. The van der Waals surface area contributed by atoms with E-state index in [0.717, 1.165) is 5.84 Å². The first kappa shape index (κ1) is 27.3. The third kappa shape index (κ3) is 4.15. The van der Waals surface area contributed by atoms with E-state index in [0.29, 0.717) is 0 Å². The summed E-state index contributed by atoms with van der Waals surface area (Å²) in [4.78, 5) is 2.47. The minimum Gasteiger partial charge on any atom is -0.196 e. The lowest BCUT2D eigenvalue weighted by Gasteiger charge is -2.23. The van der Waals surface area contributed by atoms with Gasteiger partial charge in [-0.2, -0.15) is 9.48 Å². The Balaban J connectivity index is 1.56. The van der Waals surface area contributed by atoms with Gasteiger partial charge >= 0.3 is 0 Å². The number of anilines is 2. The van der Waals surface area contributed by atoms with Crippen molar-refractivity contribution in [3.63, 3.8) is 0 Å². The molecule has 7 aromatic rings. The zero-order chi connectivity index (χ0) is 31.5. The van der Waals surface area contributed by atoms with E-state index >= 15 is 0 Å². The van der Waals surface area contributed by atoms with Crippen LogP contribution in [0.25, 0.3) is 55.6 Å². The summed E-state index contributed by atoms with van der Waals surface area (Å²) in [7, 11) is 0. The molecule has 2 heteroatoms. The predicted octanol–water partition coefficient (Wildman–Crippen LogP) is 12.0. The Morgan fingerprint density at radius 3 is 1.34 bits per heavy atom. The maximum atomic E-state index is 2.56. The molecule has 2 aliphatic rings. The molecule has 9 rings (SSSR count). The quantitative estimate of drug-likeness (QED) is 0.179. The van der Waals surface area contributed by atoms with Crippen molar-refractivity contribution in [2.75, 3.05) is 4.90 Å². The number of benzene rings is 7. The molecule has 2 heterocycles. The number of hydrogen-bond donors (Lipinski definition) is 0. The molecule has 0 unspecified atom stereocenters. The minimum absolute atomic E-state index is 1.12. The topological polar surface area (TPSA) is 6.25 Å². The van der Waals surface area contributed by atoms with Crippen LogP contribution in [-0.4, -0.2) is 5.84 Å². The maximum absolute atomic E-state index is 2.56. The van der Waals surface area contributed by atoms with Crippen LogP contribution < -0.4 is 9.48 Å². The number of amidine groups is 1. The Bertz CT molecular complexity index is 2370. The number of hydrogen-bond acceptors (Lipinski definition) is 1. The van der Waals surface area contributed by atoms with Gasteiger partial charge in [-0.15, -0.1) is 0 Å². The second kappa shape index (κ2) is 10.8. The molecule has 0 radical (unpaired) electrons. The van der Waals surface area contributed by atoms with E-state index in [2.05, 4.69) is 187 Å².